The van der Waals surface area contributed by atoms with E-state index in [1.54, 1.807) is 0 Å². The van der Waals surface area contributed by atoms with Crippen LogP contribution in [0.4, 0.5) is 0 Å². The molecule has 1 unspecified atom stereocenters. The summed E-state index contributed by atoms with van der Waals surface area (Å²) in [4.78, 5) is 38.1. The SMILES string of the molecule is CC/C=C\C/C=C\C/C=C\C/C=C\CCCCCCCCCCCCCCC(=O)OCC(COC(=O)CCCCCCCCCC)OC(=O)CCCCCCCCCCCCCCCCCCCCCCC. The minimum atomic E-state index is -0.769. The van der Waals surface area contributed by atoms with E-state index >= 15 is 0 Å². The molecular weight excluding hydrogens is 889 g/mol. The highest BCUT2D eigenvalue weighted by Gasteiger charge is 2.19. The Labute approximate surface area is 448 Å². The quantitative estimate of drug-likeness (QED) is 0.0261. The molecule has 0 amide bonds. The minimum absolute atomic E-state index is 0.0686. The van der Waals surface area contributed by atoms with E-state index in [9.17, 15) is 14.4 Å². The van der Waals surface area contributed by atoms with Gasteiger partial charge < -0.3 is 14.2 Å². The molecule has 0 fully saturated rings. The summed E-state index contributed by atoms with van der Waals surface area (Å²) >= 11 is 0. The second-order valence-electron chi connectivity index (χ2n) is 21.3. The fraction of sp³-hybridized carbons (Fsp3) is 0.833. The first-order valence-corrected chi connectivity index (χ1v) is 31.6. The highest BCUT2D eigenvalue weighted by atomic mass is 16.6. The van der Waals surface area contributed by atoms with E-state index in [-0.39, 0.29) is 31.1 Å². The number of ether oxygens (including phenoxy) is 3. The van der Waals surface area contributed by atoms with Crippen LogP contribution in [-0.2, 0) is 28.6 Å². The van der Waals surface area contributed by atoms with Crippen LogP contribution >= 0.6 is 0 Å². The molecule has 0 aromatic carbocycles. The van der Waals surface area contributed by atoms with Gasteiger partial charge in [-0.25, -0.2) is 0 Å². The first-order chi connectivity index (χ1) is 35.5. The van der Waals surface area contributed by atoms with Gasteiger partial charge in [0.1, 0.15) is 13.2 Å². The van der Waals surface area contributed by atoms with Crippen LogP contribution in [-0.4, -0.2) is 37.2 Å². The lowest BCUT2D eigenvalue weighted by Gasteiger charge is -2.18. The molecule has 0 saturated heterocycles. The smallest absolute Gasteiger partial charge is 0.306 e. The number of carbonyl (C=O) groups is 3. The van der Waals surface area contributed by atoms with Crippen molar-refractivity contribution >= 4 is 17.9 Å². The molecule has 0 saturated carbocycles. The highest BCUT2D eigenvalue weighted by Crippen LogP contribution is 2.18. The van der Waals surface area contributed by atoms with Crippen molar-refractivity contribution in [2.75, 3.05) is 13.2 Å². The van der Waals surface area contributed by atoms with Gasteiger partial charge in [0.05, 0.1) is 0 Å². The van der Waals surface area contributed by atoms with Gasteiger partial charge in [-0.15, -0.1) is 0 Å². The summed E-state index contributed by atoms with van der Waals surface area (Å²) < 4.78 is 16.9. The molecule has 0 rings (SSSR count). The number of carbonyl (C=O) groups excluding carboxylic acids is 3. The summed E-state index contributed by atoms with van der Waals surface area (Å²) in [6, 6.07) is 0. The van der Waals surface area contributed by atoms with Crippen LogP contribution in [0, 0.1) is 0 Å². The van der Waals surface area contributed by atoms with E-state index in [0.29, 0.717) is 19.3 Å². The molecule has 6 nitrogen and oxygen atoms in total. The Kier molecular flexibility index (Phi) is 58.7. The predicted molar refractivity (Wildman–Crippen MR) is 312 cm³/mol. The average molecular weight is 1010 g/mol. The van der Waals surface area contributed by atoms with E-state index in [0.717, 1.165) is 83.5 Å². The van der Waals surface area contributed by atoms with Crippen LogP contribution in [0.1, 0.15) is 335 Å². The molecule has 6 heteroatoms. The first-order valence-electron chi connectivity index (χ1n) is 31.6. The van der Waals surface area contributed by atoms with Crippen LogP contribution < -0.4 is 0 Å². The zero-order valence-electron chi connectivity index (χ0n) is 48.2. The summed E-state index contributed by atoms with van der Waals surface area (Å²) in [7, 11) is 0. The lowest BCUT2D eigenvalue weighted by molar-refractivity contribution is -0.167. The Morgan fingerprint density at radius 1 is 0.292 bits per heavy atom. The maximum absolute atomic E-state index is 12.9. The molecule has 0 aromatic heterocycles. The van der Waals surface area contributed by atoms with E-state index in [4.69, 9.17) is 14.2 Å². The zero-order valence-corrected chi connectivity index (χ0v) is 48.2. The van der Waals surface area contributed by atoms with Gasteiger partial charge in [-0.3, -0.25) is 14.4 Å². The number of hydrogen-bond donors (Lipinski definition) is 0. The van der Waals surface area contributed by atoms with E-state index in [2.05, 4.69) is 69.4 Å². The third-order valence-electron chi connectivity index (χ3n) is 14.1. The third-order valence-corrected chi connectivity index (χ3v) is 14.1. The Morgan fingerprint density at radius 2 is 0.542 bits per heavy atom. The van der Waals surface area contributed by atoms with Crippen LogP contribution in [0.5, 0.6) is 0 Å². The first kappa shape index (κ1) is 69.4. The van der Waals surface area contributed by atoms with Gasteiger partial charge in [-0.2, -0.15) is 0 Å². The molecule has 0 aromatic rings. The lowest BCUT2D eigenvalue weighted by atomic mass is 10.0. The second-order valence-corrected chi connectivity index (χ2v) is 21.3. The van der Waals surface area contributed by atoms with Crippen LogP contribution in [0.2, 0.25) is 0 Å². The van der Waals surface area contributed by atoms with Gasteiger partial charge in [0, 0.05) is 19.3 Å². The van der Waals surface area contributed by atoms with Gasteiger partial charge in [-0.05, 0) is 57.8 Å². The summed E-state index contributed by atoms with van der Waals surface area (Å²) in [6.07, 6.45) is 75.6. The van der Waals surface area contributed by atoms with Crippen molar-refractivity contribution in [2.24, 2.45) is 0 Å². The largest absolute Gasteiger partial charge is 0.462 e. The van der Waals surface area contributed by atoms with Crippen molar-refractivity contribution in [3.63, 3.8) is 0 Å². The fourth-order valence-corrected chi connectivity index (χ4v) is 9.38. The monoisotopic (exact) mass is 1010 g/mol. The van der Waals surface area contributed by atoms with E-state index < -0.39 is 6.10 Å². The van der Waals surface area contributed by atoms with Crippen molar-refractivity contribution in [1.82, 2.24) is 0 Å². The molecule has 0 N–H and O–H groups in total. The summed E-state index contributed by atoms with van der Waals surface area (Å²) in [6.45, 7) is 6.55. The highest BCUT2D eigenvalue weighted by molar-refractivity contribution is 5.71. The van der Waals surface area contributed by atoms with E-state index in [1.165, 1.54) is 212 Å². The summed E-state index contributed by atoms with van der Waals surface area (Å²) in [5, 5.41) is 0. The van der Waals surface area contributed by atoms with Gasteiger partial charge in [0.15, 0.2) is 6.10 Å². The molecule has 72 heavy (non-hydrogen) atoms. The number of unbranched alkanes of at least 4 members (excludes halogenated alkanes) is 39. The Bertz CT molecular complexity index is 1250. The number of esters is 3. The Morgan fingerprint density at radius 3 is 0.847 bits per heavy atom. The molecule has 0 bridgehead atoms. The van der Waals surface area contributed by atoms with Gasteiger partial charge in [0.2, 0.25) is 0 Å². The molecular formula is C66H120O6. The molecule has 0 spiro atoms. The standard InChI is InChI=1S/C66H120O6/c1-4-7-10-13-16-19-21-23-25-27-29-31-32-33-34-36-37-39-41-43-45-47-50-53-56-59-65(68)71-62-63(61-70-64(67)58-55-52-49-18-15-12-9-6-3)72-66(69)60-57-54-51-48-46-44-42-40-38-35-30-28-26-24-22-20-17-14-11-8-5-2/h7,10,16,19,23,25,29,31,63H,4-6,8-9,11-15,17-18,20-22,24,26-28,30,32-62H2,1-3H3/b10-7-,19-16-,25-23-,31-29-. The number of allylic oxidation sites excluding steroid dienone is 8. The molecule has 0 heterocycles. The molecule has 1 atom stereocenters. The van der Waals surface area contributed by atoms with Crippen molar-refractivity contribution in [3.8, 4) is 0 Å². The topological polar surface area (TPSA) is 78.9 Å². The molecule has 0 aliphatic carbocycles. The van der Waals surface area contributed by atoms with Crippen LogP contribution in [0.15, 0.2) is 48.6 Å². The summed E-state index contributed by atoms with van der Waals surface area (Å²) in [5.41, 5.74) is 0. The Hall–Kier alpha value is -2.63. The van der Waals surface area contributed by atoms with Crippen molar-refractivity contribution < 1.29 is 28.6 Å². The maximum Gasteiger partial charge on any atom is 0.306 e. The molecule has 0 radical (unpaired) electrons. The number of rotatable bonds is 58. The van der Waals surface area contributed by atoms with Crippen molar-refractivity contribution in [2.45, 2.75) is 341 Å². The normalized spacial score (nSPS) is 12.3. The van der Waals surface area contributed by atoms with E-state index in [1.807, 2.05) is 0 Å². The fourth-order valence-electron chi connectivity index (χ4n) is 9.38. The third kappa shape index (κ3) is 58.3. The summed E-state index contributed by atoms with van der Waals surface area (Å²) in [5.74, 6) is -0.854. The predicted octanol–water partition coefficient (Wildman–Crippen LogP) is 21.4. The van der Waals surface area contributed by atoms with Crippen LogP contribution in [0.3, 0.4) is 0 Å². The molecule has 420 valence electrons. The van der Waals surface area contributed by atoms with Gasteiger partial charge >= 0.3 is 17.9 Å². The molecule has 0 aliphatic heterocycles. The Balaban J connectivity index is 4.14. The van der Waals surface area contributed by atoms with Gasteiger partial charge in [0.25, 0.3) is 0 Å². The zero-order chi connectivity index (χ0) is 52.2. The van der Waals surface area contributed by atoms with Crippen molar-refractivity contribution in [3.05, 3.63) is 48.6 Å². The number of hydrogen-bond acceptors (Lipinski definition) is 6. The van der Waals surface area contributed by atoms with Crippen LogP contribution in [0.25, 0.3) is 0 Å². The maximum atomic E-state index is 12.9. The van der Waals surface area contributed by atoms with Gasteiger partial charge in [-0.1, -0.05) is 307 Å². The van der Waals surface area contributed by atoms with Crippen molar-refractivity contribution in [1.29, 1.82) is 0 Å². The lowest BCUT2D eigenvalue weighted by Crippen LogP contribution is -2.30. The second kappa shape index (κ2) is 60.9. The average Bonchev–Trinajstić information content (AvgIpc) is 3.38. The molecule has 0 aliphatic rings. The minimum Gasteiger partial charge on any atom is -0.462 e.